The Morgan fingerprint density at radius 1 is 1.09 bits per heavy atom. The molecule has 0 fully saturated rings. The van der Waals surface area contributed by atoms with Crippen LogP contribution in [-0.2, 0) is 9.53 Å². The Kier molecular flexibility index (Phi) is 5.30. The number of ether oxygens (including phenoxy) is 2. The van der Waals surface area contributed by atoms with Crippen LogP contribution in [-0.4, -0.2) is 25.1 Å². The summed E-state index contributed by atoms with van der Waals surface area (Å²) in [7, 11) is 1.44. The van der Waals surface area contributed by atoms with Gasteiger partial charge in [0.2, 0.25) is 0 Å². The minimum absolute atomic E-state index is 0.233. The second kappa shape index (κ2) is 7.40. The minimum Gasteiger partial charge on any atom is -0.496 e. The van der Waals surface area contributed by atoms with Gasteiger partial charge in [-0.2, -0.15) is 0 Å². The fourth-order valence-electron chi connectivity index (χ4n) is 1.87. The molecule has 0 unspecified atom stereocenters. The second-order valence-electron chi connectivity index (χ2n) is 4.74. The van der Waals surface area contributed by atoms with Crippen molar-refractivity contribution in [1.29, 1.82) is 0 Å². The molecule has 2 aromatic rings. The third kappa shape index (κ3) is 4.29. The number of para-hydroxylation sites is 1. The lowest BCUT2D eigenvalue weighted by Crippen LogP contribution is -2.30. The molecular weight excluding hydrogens is 301 g/mol. The average molecular weight is 317 g/mol. The van der Waals surface area contributed by atoms with E-state index in [1.165, 1.54) is 38.3 Å². The van der Waals surface area contributed by atoms with Crippen LogP contribution in [0, 0.1) is 5.82 Å². The SMILES string of the molecule is COc1ccccc1C(=O)O[C@@H](C)C(=O)Nc1ccc(F)cc1. The molecule has 0 bridgehead atoms. The predicted octanol–water partition coefficient (Wildman–Crippen LogP) is 3.02. The van der Waals surface area contributed by atoms with Gasteiger partial charge in [0, 0.05) is 5.69 Å². The van der Waals surface area contributed by atoms with Crippen LogP contribution in [0.3, 0.4) is 0 Å². The molecule has 5 nitrogen and oxygen atoms in total. The van der Waals surface area contributed by atoms with Gasteiger partial charge >= 0.3 is 5.97 Å². The average Bonchev–Trinajstić information content (AvgIpc) is 2.56. The maximum absolute atomic E-state index is 12.8. The molecule has 0 aliphatic rings. The normalized spacial score (nSPS) is 11.4. The van der Waals surface area contributed by atoms with Gasteiger partial charge in [-0.25, -0.2) is 9.18 Å². The summed E-state index contributed by atoms with van der Waals surface area (Å²) in [4.78, 5) is 24.1. The molecule has 2 rings (SSSR count). The fourth-order valence-corrected chi connectivity index (χ4v) is 1.87. The highest BCUT2D eigenvalue weighted by molar-refractivity contribution is 5.98. The number of hydrogen-bond donors (Lipinski definition) is 1. The molecule has 0 spiro atoms. The van der Waals surface area contributed by atoms with Crippen LogP contribution < -0.4 is 10.1 Å². The maximum atomic E-state index is 12.8. The lowest BCUT2D eigenvalue weighted by atomic mass is 10.2. The smallest absolute Gasteiger partial charge is 0.342 e. The van der Waals surface area contributed by atoms with Crippen LogP contribution in [0.25, 0.3) is 0 Å². The summed E-state index contributed by atoms with van der Waals surface area (Å²) in [5.41, 5.74) is 0.646. The van der Waals surface area contributed by atoms with Gasteiger partial charge in [-0.1, -0.05) is 12.1 Å². The van der Waals surface area contributed by atoms with E-state index < -0.39 is 23.8 Å². The van der Waals surface area contributed by atoms with Gasteiger partial charge in [0.25, 0.3) is 5.91 Å². The molecule has 0 aromatic heterocycles. The summed E-state index contributed by atoms with van der Waals surface area (Å²) in [6.07, 6.45) is -1.02. The lowest BCUT2D eigenvalue weighted by molar-refractivity contribution is -0.123. The Labute approximate surface area is 133 Å². The third-order valence-corrected chi connectivity index (χ3v) is 3.09. The highest BCUT2D eigenvalue weighted by atomic mass is 19.1. The van der Waals surface area contributed by atoms with Crippen molar-refractivity contribution < 1.29 is 23.5 Å². The number of benzene rings is 2. The monoisotopic (exact) mass is 317 g/mol. The second-order valence-corrected chi connectivity index (χ2v) is 4.74. The van der Waals surface area contributed by atoms with Crippen LogP contribution in [0.15, 0.2) is 48.5 Å². The lowest BCUT2D eigenvalue weighted by Gasteiger charge is -2.14. The van der Waals surface area contributed by atoms with Crippen molar-refractivity contribution >= 4 is 17.6 Å². The zero-order valence-corrected chi connectivity index (χ0v) is 12.7. The zero-order chi connectivity index (χ0) is 16.8. The molecule has 1 atom stereocenters. The van der Waals surface area contributed by atoms with Crippen molar-refractivity contribution in [3.8, 4) is 5.75 Å². The van der Waals surface area contributed by atoms with Gasteiger partial charge in [-0.3, -0.25) is 4.79 Å². The standard InChI is InChI=1S/C17H16FNO4/c1-11(16(20)19-13-9-7-12(18)8-10-13)23-17(21)14-5-3-4-6-15(14)22-2/h3-11H,1-2H3,(H,19,20)/t11-/m0/s1. The highest BCUT2D eigenvalue weighted by Crippen LogP contribution is 2.19. The number of anilines is 1. The highest BCUT2D eigenvalue weighted by Gasteiger charge is 2.21. The quantitative estimate of drug-likeness (QED) is 0.861. The van der Waals surface area contributed by atoms with Crippen molar-refractivity contribution in [2.45, 2.75) is 13.0 Å². The number of hydrogen-bond acceptors (Lipinski definition) is 4. The van der Waals surface area contributed by atoms with Gasteiger partial charge in [-0.05, 0) is 43.3 Å². The van der Waals surface area contributed by atoms with Crippen molar-refractivity contribution in [3.63, 3.8) is 0 Å². The van der Waals surface area contributed by atoms with Crippen molar-refractivity contribution in [2.24, 2.45) is 0 Å². The van der Waals surface area contributed by atoms with E-state index in [9.17, 15) is 14.0 Å². The summed E-state index contributed by atoms with van der Waals surface area (Å²) in [5.74, 6) is -1.22. The number of methoxy groups -OCH3 is 1. The summed E-state index contributed by atoms with van der Waals surface area (Å²) in [6, 6.07) is 11.8. The Bertz CT molecular complexity index is 700. The molecule has 1 amide bonds. The molecule has 23 heavy (non-hydrogen) atoms. The van der Waals surface area contributed by atoms with Gasteiger partial charge < -0.3 is 14.8 Å². The molecular formula is C17H16FNO4. The minimum atomic E-state index is -1.02. The molecule has 0 saturated heterocycles. The molecule has 120 valence electrons. The van der Waals surface area contributed by atoms with E-state index in [1.807, 2.05) is 0 Å². The number of rotatable bonds is 5. The van der Waals surface area contributed by atoms with Crippen LogP contribution in [0.1, 0.15) is 17.3 Å². The fraction of sp³-hybridized carbons (Fsp3) is 0.176. The van der Waals surface area contributed by atoms with E-state index >= 15 is 0 Å². The first-order valence-electron chi connectivity index (χ1n) is 6.91. The Morgan fingerprint density at radius 3 is 2.39 bits per heavy atom. The van der Waals surface area contributed by atoms with Gasteiger partial charge in [0.05, 0.1) is 7.11 Å². The summed E-state index contributed by atoms with van der Waals surface area (Å²) in [6.45, 7) is 1.45. The van der Waals surface area contributed by atoms with Crippen LogP contribution >= 0.6 is 0 Å². The third-order valence-electron chi connectivity index (χ3n) is 3.09. The number of halogens is 1. The van der Waals surface area contributed by atoms with Crippen LogP contribution in [0.4, 0.5) is 10.1 Å². The Balaban J connectivity index is 2.00. The van der Waals surface area contributed by atoms with E-state index in [1.54, 1.807) is 24.3 Å². The molecule has 0 aliphatic heterocycles. The first-order chi connectivity index (χ1) is 11.0. The maximum Gasteiger partial charge on any atom is 0.342 e. The molecule has 0 radical (unpaired) electrons. The largest absolute Gasteiger partial charge is 0.496 e. The molecule has 0 saturated carbocycles. The molecule has 0 aliphatic carbocycles. The van der Waals surface area contributed by atoms with Crippen molar-refractivity contribution in [3.05, 3.63) is 59.9 Å². The van der Waals surface area contributed by atoms with Gasteiger partial charge in [0.1, 0.15) is 17.1 Å². The van der Waals surface area contributed by atoms with Crippen LogP contribution in [0.5, 0.6) is 5.75 Å². The molecule has 0 heterocycles. The first-order valence-corrected chi connectivity index (χ1v) is 6.91. The molecule has 1 N–H and O–H groups in total. The topological polar surface area (TPSA) is 64.6 Å². The van der Waals surface area contributed by atoms with E-state index in [0.29, 0.717) is 11.4 Å². The van der Waals surface area contributed by atoms with Crippen molar-refractivity contribution in [2.75, 3.05) is 12.4 Å². The molecule has 2 aromatic carbocycles. The van der Waals surface area contributed by atoms with Gasteiger partial charge in [0.15, 0.2) is 6.10 Å². The van der Waals surface area contributed by atoms with E-state index in [2.05, 4.69) is 5.32 Å². The van der Waals surface area contributed by atoms with E-state index in [0.717, 1.165) is 0 Å². The predicted molar refractivity (Wildman–Crippen MR) is 82.9 cm³/mol. The summed E-state index contributed by atoms with van der Waals surface area (Å²) < 4.78 is 23.0. The summed E-state index contributed by atoms with van der Waals surface area (Å²) >= 11 is 0. The van der Waals surface area contributed by atoms with E-state index in [-0.39, 0.29) is 5.56 Å². The number of esters is 1. The number of amides is 1. The van der Waals surface area contributed by atoms with E-state index in [4.69, 9.17) is 9.47 Å². The van der Waals surface area contributed by atoms with Crippen molar-refractivity contribution in [1.82, 2.24) is 0 Å². The van der Waals surface area contributed by atoms with Gasteiger partial charge in [-0.15, -0.1) is 0 Å². The Hall–Kier alpha value is -2.89. The Morgan fingerprint density at radius 2 is 1.74 bits per heavy atom. The zero-order valence-electron chi connectivity index (χ0n) is 12.7. The summed E-state index contributed by atoms with van der Waals surface area (Å²) in [5, 5.41) is 2.54. The first kappa shape index (κ1) is 16.5. The van der Waals surface area contributed by atoms with Crippen LogP contribution in [0.2, 0.25) is 0 Å². The number of nitrogens with one attached hydrogen (secondary N) is 1. The number of carbonyl (C=O) groups is 2. The molecule has 6 heteroatoms. The number of carbonyl (C=O) groups excluding carboxylic acids is 2.